The molecule has 0 aliphatic heterocycles. The second kappa shape index (κ2) is 2.86. The number of carboxylic acids is 2. The molecule has 0 aromatic heterocycles. The Bertz CT molecular complexity index is 158. The SMILES string of the molecule is C=C([CH][13C](=O)O)[13C](=O)O. The fraction of sp³-hybridized carbons (Fsp3) is 0. The maximum atomic E-state index is 9.84. The molecule has 0 bridgehead atoms. The van der Waals surface area contributed by atoms with Gasteiger partial charge in [0.2, 0.25) is 0 Å². The average molecular weight is 131 g/mol. The van der Waals surface area contributed by atoms with E-state index in [0.29, 0.717) is 6.42 Å². The van der Waals surface area contributed by atoms with Crippen molar-refractivity contribution in [3.63, 3.8) is 0 Å². The van der Waals surface area contributed by atoms with Crippen molar-refractivity contribution in [2.75, 3.05) is 0 Å². The Morgan fingerprint density at radius 2 is 1.78 bits per heavy atom. The van der Waals surface area contributed by atoms with Crippen LogP contribution in [0.3, 0.4) is 0 Å². The smallest absolute Gasteiger partial charge is 0.331 e. The summed E-state index contributed by atoms with van der Waals surface area (Å²) in [5.41, 5.74) is -0.428. The van der Waals surface area contributed by atoms with E-state index < -0.39 is 17.5 Å². The Kier molecular flexibility index (Phi) is 2.44. The maximum absolute atomic E-state index is 9.84. The highest BCUT2D eigenvalue weighted by atomic mass is 16.5. The predicted octanol–water partition coefficient (Wildman–Crippen LogP) is -0.0839. The van der Waals surface area contributed by atoms with Crippen LogP contribution >= 0.6 is 0 Å². The van der Waals surface area contributed by atoms with E-state index in [0.717, 1.165) is 0 Å². The van der Waals surface area contributed by atoms with Crippen LogP contribution in [0.15, 0.2) is 12.2 Å². The summed E-state index contributed by atoms with van der Waals surface area (Å²) in [6, 6.07) is 0. The van der Waals surface area contributed by atoms with Gasteiger partial charge in [-0.05, 0) is 0 Å². The van der Waals surface area contributed by atoms with Crippen LogP contribution in [0.2, 0.25) is 0 Å². The zero-order valence-electron chi connectivity index (χ0n) is 4.50. The van der Waals surface area contributed by atoms with E-state index in [9.17, 15) is 9.59 Å². The molecule has 9 heavy (non-hydrogen) atoms. The summed E-state index contributed by atoms with van der Waals surface area (Å²) in [4.78, 5) is 19.6. The largest absolute Gasteiger partial charge is 0.481 e. The third kappa shape index (κ3) is 3.28. The molecule has 1 radical (unpaired) electrons. The van der Waals surface area contributed by atoms with E-state index in [1.807, 2.05) is 0 Å². The highest BCUT2D eigenvalue weighted by molar-refractivity contribution is 5.97. The molecule has 0 atom stereocenters. The molecular weight excluding hydrogens is 126 g/mol. The highest BCUT2D eigenvalue weighted by Crippen LogP contribution is 1.94. The lowest BCUT2D eigenvalue weighted by atomic mass is 10.4. The molecule has 4 nitrogen and oxygen atoms in total. The van der Waals surface area contributed by atoms with Crippen molar-refractivity contribution < 1.29 is 19.8 Å². The van der Waals surface area contributed by atoms with E-state index in [4.69, 9.17) is 10.2 Å². The van der Waals surface area contributed by atoms with Gasteiger partial charge in [0.15, 0.2) is 0 Å². The second-order valence-electron chi connectivity index (χ2n) is 1.31. The van der Waals surface area contributed by atoms with E-state index in [-0.39, 0.29) is 0 Å². The fourth-order valence-corrected chi connectivity index (χ4v) is 0.211. The van der Waals surface area contributed by atoms with Crippen LogP contribution in [0.5, 0.6) is 0 Å². The van der Waals surface area contributed by atoms with Gasteiger partial charge in [0.25, 0.3) is 0 Å². The van der Waals surface area contributed by atoms with Gasteiger partial charge in [-0.15, -0.1) is 0 Å². The first kappa shape index (κ1) is 7.68. The summed E-state index contributed by atoms with van der Waals surface area (Å²) >= 11 is 0. The summed E-state index contributed by atoms with van der Waals surface area (Å²) in [6.45, 7) is 2.96. The first-order chi connectivity index (χ1) is 4.04. The minimum Gasteiger partial charge on any atom is -0.481 e. The van der Waals surface area contributed by atoms with Gasteiger partial charge in [0.05, 0.1) is 0 Å². The average Bonchev–Trinajstić information content (AvgIpc) is 1.63. The van der Waals surface area contributed by atoms with Crippen molar-refractivity contribution in [3.05, 3.63) is 18.6 Å². The molecule has 0 aliphatic rings. The summed E-state index contributed by atoms with van der Waals surface area (Å²) in [7, 11) is 0. The number of hydrogen-bond donors (Lipinski definition) is 2. The van der Waals surface area contributed by atoms with Crippen molar-refractivity contribution in [1.82, 2.24) is 0 Å². The van der Waals surface area contributed by atoms with E-state index in [1.54, 1.807) is 0 Å². The molecule has 0 heterocycles. The van der Waals surface area contributed by atoms with Crippen molar-refractivity contribution in [2.24, 2.45) is 0 Å². The molecule has 49 valence electrons. The van der Waals surface area contributed by atoms with E-state index in [2.05, 4.69) is 6.58 Å². The van der Waals surface area contributed by atoms with Crippen LogP contribution in [-0.4, -0.2) is 22.2 Å². The Hall–Kier alpha value is -1.32. The molecule has 4 heteroatoms. The van der Waals surface area contributed by atoms with Crippen molar-refractivity contribution in [1.29, 1.82) is 0 Å². The molecule has 0 saturated carbocycles. The van der Waals surface area contributed by atoms with Crippen molar-refractivity contribution in [3.8, 4) is 0 Å². The molecule has 0 aromatic carbocycles. The predicted molar refractivity (Wildman–Crippen MR) is 28.7 cm³/mol. The molecule has 0 aromatic rings. The number of rotatable bonds is 3. The van der Waals surface area contributed by atoms with Crippen LogP contribution in [0, 0.1) is 6.42 Å². The van der Waals surface area contributed by atoms with Gasteiger partial charge in [-0.1, -0.05) is 6.58 Å². The lowest BCUT2D eigenvalue weighted by Crippen LogP contribution is -2.05. The van der Waals surface area contributed by atoms with Gasteiger partial charge in [-0.2, -0.15) is 0 Å². The molecule has 0 aliphatic carbocycles. The molecule has 0 amide bonds. The quantitative estimate of drug-likeness (QED) is 0.414. The van der Waals surface area contributed by atoms with Gasteiger partial charge < -0.3 is 10.2 Å². The van der Waals surface area contributed by atoms with Crippen molar-refractivity contribution in [2.45, 2.75) is 0 Å². The molecule has 0 saturated heterocycles. The van der Waals surface area contributed by atoms with Crippen LogP contribution in [0.4, 0.5) is 0 Å². The van der Waals surface area contributed by atoms with Crippen LogP contribution in [-0.2, 0) is 9.59 Å². The minimum absolute atomic E-state index is 0.428. The standard InChI is InChI=1S/C5H5O4/c1-3(5(8)9)2-4(6)7/h2H,1H2,(H,6,7)(H,8,9)/i4+1,5+1. The van der Waals surface area contributed by atoms with Gasteiger partial charge in [0.1, 0.15) is 6.42 Å². The maximum Gasteiger partial charge on any atom is 0.331 e. The summed E-state index contributed by atoms with van der Waals surface area (Å²) in [5, 5.41) is 16.0. The van der Waals surface area contributed by atoms with Gasteiger partial charge >= 0.3 is 11.9 Å². The number of hydrogen-bond acceptors (Lipinski definition) is 2. The van der Waals surface area contributed by atoms with E-state index in [1.165, 1.54) is 0 Å². The van der Waals surface area contributed by atoms with Crippen LogP contribution < -0.4 is 0 Å². The van der Waals surface area contributed by atoms with Gasteiger partial charge in [-0.25, -0.2) is 4.79 Å². The summed E-state index contributed by atoms with van der Waals surface area (Å²) in [5.74, 6) is -2.63. The molecular formula is C5H5O4. The molecule has 0 rings (SSSR count). The van der Waals surface area contributed by atoms with Gasteiger partial charge in [0, 0.05) is 5.57 Å². The first-order valence-electron chi connectivity index (χ1n) is 2.04. The van der Waals surface area contributed by atoms with Gasteiger partial charge in [-0.3, -0.25) is 4.79 Å². The zero-order chi connectivity index (χ0) is 7.44. The molecule has 0 unspecified atom stereocenters. The minimum atomic E-state index is -1.32. The van der Waals surface area contributed by atoms with Crippen LogP contribution in [0.25, 0.3) is 0 Å². The lowest BCUT2D eigenvalue weighted by molar-refractivity contribution is -0.136. The third-order valence-corrected chi connectivity index (χ3v) is 0.572. The molecule has 0 spiro atoms. The molecule has 0 fully saturated rings. The fourth-order valence-electron chi connectivity index (χ4n) is 0.211. The topological polar surface area (TPSA) is 74.6 Å². The lowest BCUT2D eigenvalue weighted by Gasteiger charge is -1.90. The second-order valence-corrected chi connectivity index (χ2v) is 1.31. The Morgan fingerprint density at radius 1 is 1.33 bits per heavy atom. The Morgan fingerprint density at radius 3 is 1.89 bits per heavy atom. The van der Waals surface area contributed by atoms with E-state index >= 15 is 0 Å². The van der Waals surface area contributed by atoms with Crippen molar-refractivity contribution >= 4 is 11.9 Å². The Balaban J connectivity index is 3.79. The van der Waals surface area contributed by atoms with Crippen LogP contribution in [0.1, 0.15) is 0 Å². The highest BCUT2D eigenvalue weighted by Gasteiger charge is 2.08. The first-order valence-corrected chi connectivity index (χ1v) is 2.04. The number of carboxylic acid groups (broad SMARTS) is 2. The zero-order valence-corrected chi connectivity index (χ0v) is 4.50. The summed E-state index contributed by atoms with van der Waals surface area (Å²) < 4.78 is 0. The number of aliphatic carboxylic acids is 2. The molecule has 2 N–H and O–H groups in total. The normalized spacial score (nSPS) is 8.44. The third-order valence-electron chi connectivity index (χ3n) is 0.572. The summed E-state index contributed by atoms with van der Waals surface area (Å²) in [6.07, 6.45) is 0.530. The number of carbonyl (C=O) groups is 2. The monoisotopic (exact) mass is 131 g/mol. The Labute approximate surface area is 51.4 Å².